The Morgan fingerprint density at radius 1 is 1.09 bits per heavy atom. The van der Waals surface area contributed by atoms with Crippen molar-refractivity contribution in [3.05, 3.63) is 78.6 Å². The minimum atomic E-state index is -1.26. The van der Waals surface area contributed by atoms with Crippen LogP contribution in [0.15, 0.2) is 82.2 Å². The normalized spacial score (nSPS) is 16.7. The third kappa shape index (κ3) is 7.24. The summed E-state index contributed by atoms with van der Waals surface area (Å²) in [4.78, 5) is 26.1. The van der Waals surface area contributed by atoms with E-state index in [9.17, 15) is 9.59 Å². The predicted octanol–water partition coefficient (Wildman–Crippen LogP) is 4.04. The highest BCUT2D eigenvalue weighted by molar-refractivity contribution is 5.89. The lowest BCUT2D eigenvalue weighted by Gasteiger charge is -2.11. The maximum Gasteiger partial charge on any atom is 0.328 e. The van der Waals surface area contributed by atoms with Crippen LogP contribution in [0, 0.1) is 0 Å². The molecule has 3 aromatic rings. The van der Waals surface area contributed by atoms with Crippen LogP contribution in [0.2, 0.25) is 0 Å². The molecule has 0 radical (unpaired) electrons. The lowest BCUT2D eigenvalue weighted by Crippen LogP contribution is -2.20. The molecule has 4 rings (SSSR count). The first-order valence-corrected chi connectivity index (χ1v) is 10.5. The molecule has 2 heterocycles. The lowest BCUT2D eigenvalue weighted by atomic mass is 10.1. The number of likely N-dealkylation sites (tertiary alicyclic amines) is 1. The predicted molar refractivity (Wildman–Crippen MR) is 125 cm³/mol. The fraction of sp³-hybridized carbons (Fsp3) is 0.240. The Kier molecular flexibility index (Phi) is 8.24. The molecule has 0 aliphatic carbocycles. The van der Waals surface area contributed by atoms with Gasteiger partial charge in [0.15, 0.2) is 0 Å². The Morgan fingerprint density at radius 3 is 2.42 bits per heavy atom. The van der Waals surface area contributed by atoms with Gasteiger partial charge in [-0.3, -0.25) is 4.99 Å². The number of fused-ring (bicyclic) bond motifs is 1. The number of nitrogens with zero attached hydrogens (tertiary/aromatic N) is 2. The van der Waals surface area contributed by atoms with Crippen molar-refractivity contribution >= 4 is 28.7 Å². The maximum absolute atomic E-state index is 9.55. The van der Waals surface area contributed by atoms with Crippen LogP contribution < -0.4 is 4.74 Å². The quantitative estimate of drug-likeness (QED) is 0.413. The van der Waals surface area contributed by atoms with Crippen molar-refractivity contribution in [3.8, 4) is 5.75 Å². The van der Waals surface area contributed by atoms with Crippen molar-refractivity contribution in [2.24, 2.45) is 4.99 Å². The van der Waals surface area contributed by atoms with Crippen LogP contribution in [-0.2, 0) is 9.59 Å². The van der Waals surface area contributed by atoms with Crippen molar-refractivity contribution in [2.45, 2.75) is 12.3 Å². The zero-order chi connectivity index (χ0) is 23.6. The maximum atomic E-state index is 9.55. The minimum Gasteiger partial charge on any atom is -0.492 e. The molecule has 8 heteroatoms. The number of hydrogen-bond acceptors (Lipinski definition) is 5. The van der Waals surface area contributed by atoms with Crippen molar-refractivity contribution < 1.29 is 29.0 Å². The summed E-state index contributed by atoms with van der Waals surface area (Å²) in [5, 5.41) is 16.8. The smallest absolute Gasteiger partial charge is 0.328 e. The Morgan fingerprint density at radius 2 is 1.76 bits per heavy atom. The van der Waals surface area contributed by atoms with Crippen LogP contribution in [0.25, 0.3) is 11.0 Å². The first kappa shape index (κ1) is 23.6. The highest BCUT2D eigenvalue weighted by atomic mass is 16.5. The van der Waals surface area contributed by atoms with E-state index in [0.717, 1.165) is 35.9 Å². The SMILES string of the molecule is CN1CC(c2cc3ccccc3o2)CC1=NCCOc1ccccc1.O=C(O)/C=C/C(=O)O. The molecule has 8 nitrogen and oxygen atoms in total. The van der Waals surface area contributed by atoms with E-state index in [0.29, 0.717) is 31.2 Å². The number of carboxylic acids is 2. The van der Waals surface area contributed by atoms with Crippen LogP contribution in [-0.4, -0.2) is 59.6 Å². The molecule has 2 N–H and O–H groups in total. The molecule has 0 amide bonds. The zero-order valence-corrected chi connectivity index (χ0v) is 18.3. The number of ether oxygens (including phenoxy) is 1. The van der Waals surface area contributed by atoms with E-state index in [1.54, 1.807) is 0 Å². The molecule has 1 atom stereocenters. The zero-order valence-electron chi connectivity index (χ0n) is 18.3. The van der Waals surface area contributed by atoms with Gasteiger partial charge >= 0.3 is 11.9 Å². The number of likely N-dealkylation sites (N-methyl/N-ethyl adjacent to an activating group) is 1. The molecule has 1 saturated heterocycles. The summed E-state index contributed by atoms with van der Waals surface area (Å²) in [6.45, 7) is 2.20. The van der Waals surface area contributed by atoms with E-state index in [-0.39, 0.29) is 0 Å². The van der Waals surface area contributed by atoms with Crippen LogP contribution in [0.1, 0.15) is 18.1 Å². The summed E-state index contributed by atoms with van der Waals surface area (Å²) in [5.74, 6) is 0.925. The second-order valence-corrected chi connectivity index (χ2v) is 7.44. The van der Waals surface area contributed by atoms with E-state index in [4.69, 9.17) is 24.4 Å². The van der Waals surface area contributed by atoms with Gasteiger partial charge in [-0.25, -0.2) is 9.59 Å². The second kappa shape index (κ2) is 11.5. The van der Waals surface area contributed by atoms with E-state index in [1.165, 1.54) is 5.39 Å². The third-order valence-corrected chi connectivity index (χ3v) is 4.98. The molecular formula is C25H26N2O6. The number of carbonyl (C=O) groups is 2. The summed E-state index contributed by atoms with van der Waals surface area (Å²) in [5.41, 5.74) is 0.960. The molecule has 1 aromatic heterocycles. The summed E-state index contributed by atoms with van der Waals surface area (Å²) in [6, 6.07) is 20.2. The summed E-state index contributed by atoms with van der Waals surface area (Å²) < 4.78 is 11.7. The number of carboxylic acid groups (broad SMARTS) is 2. The van der Waals surface area contributed by atoms with Crippen molar-refractivity contribution in [1.29, 1.82) is 0 Å². The van der Waals surface area contributed by atoms with Gasteiger partial charge in [0.2, 0.25) is 0 Å². The highest BCUT2D eigenvalue weighted by Crippen LogP contribution is 2.32. The Labute approximate surface area is 191 Å². The third-order valence-electron chi connectivity index (χ3n) is 4.98. The van der Waals surface area contributed by atoms with Gasteiger partial charge in [0.25, 0.3) is 0 Å². The van der Waals surface area contributed by atoms with Crippen molar-refractivity contribution in [3.63, 3.8) is 0 Å². The fourth-order valence-electron chi connectivity index (χ4n) is 3.45. The van der Waals surface area contributed by atoms with E-state index < -0.39 is 11.9 Å². The number of furan rings is 1. The van der Waals surface area contributed by atoms with Gasteiger partial charge in [-0.1, -0.05) is 36.4 Å². The number of para-hydroxylation sites is 2. The fourth-order valence-corrected chi connectivity index (χ4v) is 3.45. The standard InChI is InChI=1S/C21H22N2O2.C4H4O4/c1-23-15-17(20-13-16-7-5-6-10-19(16)25-20)14-21(23)22-11-12-24-18-8-3-2-4-9-18;5-3(6)1-2-4(7)8/h2-10,13,17H,11-12,14-15H2,1H3;1-2H,(H,5,6)(H,7,8)/b;2-1+. The van der Waals surface area contributed by atoms with Crippen LogP contribution in [0.3, 0.4) is 0 Å². The minimum absolute atomic E-state index is 0.367. The molecule has 1 unspecified atom stereocenters. The number of aliphatic imine (C=N–C) groups is 1. The molecule has 1 aliphatic heterocycles. The topological polar surface area (TPSA) is 113 Å². The number of aliphatic carboxylic acids is 2. The first-order chi connectivity index (χ1) is 15.9. The average molecular weight is 450 g/mol. The molecule has 33 heavy (non-hydrogen) atoms. The number of hydrogen-bond donors (Lipinski definition) is 2. The monoisotopic (exact) mass is 450 g/mol. The van der Waals surface area contributed by atoms with Gasteiger partial charge in [-0.15, -0.1) is 0 Å². The van der Waals surface area contributed by atoms with Crippen molar-refractivity contribution in [2.75, 3.05) is 26.7 Å². The van der Waals surface area contributed by atoms with Gasteiger partial charge < -0.3 is 24.3 Å². The molecular weight excluding hydrogens is 424 g/mol. The van der Waals surface area contributed by atoms with Crippen LogP contribution in [0.4, 0.5) is 0 Å². The molecule has 172 valence electrons. The van der Waals surface area contributed by atoms with Gasteiger partial charge in [0, 0.05) is 43.5 Å². The van der Waals surface area contributed by atoms with E-state index in [1.807, 2.05) is 48.5 Å². The van der Waals surface area contributed by atoms with Gasteiger partial charge in [0.05, 0.1) is 12.4 Å². The van der Waals surface area contributed by atoms with Gasteiger partial charge in [-0.05, 0) is 24.3 Å². The number of rotatable bonds is 7. The molecule has 0 saturated carbocycles. The van der Waals surface area contributed by atoms with Gasteiger partial charge in [0.1, 0.15) is 23.7 Å². The van der Waals surface area contributed by atoms with Crippen LogP contribution >= 0.6 is 0 Å². The summed E-state index contributed by atoms with van der Waals surface area (Å²) in [6.07, 6.45) is 2.03. The molecule has 1 fully saturated rings. The Balaban J connectivity index is 0.000000331. The number of amidine groups is 1. The highest BCUT2D eigenvalue weighted by Gasteiger charge is 2.28. The van der Waals surface area contributed by atoms with Gasteiger partial charge in [-0.2, -0.15) is 0 Å². The molecule has 1 aliphatic rings. The summed E-state index contributed by atoms with van der Waals surface area (Å²) >= 11 is 0. The average Bonchev–Trinajstić information content (AvgIpc) is 3.40. The molecule has 0 spiro atoms. The number of benzene rings is 2. The lowest BCUT2D eigenvalue weighted by molar-refractivity contribution is -0.134. The largest absolute Gasteiger partial charge is 0.492 e. The first-order valence-electron chi connectivity index (χ1n) is 10.5. The Bertz CT molecular complexity index is 1090. The molecule has 2 aromatic carbocycles. The Hall–Kier alpha value is -4.07. The van der Waals surface area contributed by atoms with E-state index in [2.05, 4.69) is 24.1 Å². The summed E-state index contributed by atoms with van der Waals surface area (Å²) in [7, 11) is 2.10. The second-order valence-electron chi connectivity index (χ2n) is 7.44. The molecule has 0 bridgehead atoms. The van der Waals surface area contributed by atoms with Crippen LogP contribution in [0.5, 0.6) is 5.75 Å². The van der Waals surface area contributed by atoms with E-state index >= 15 is 0 Å². The van der Waals surface area contributed by atoms with Crippen molar-refractivity contribution in [1.82, 2.24) is 4.90 Å².